The Morgan fingerprint density at radius 1 is 0.327 bits per heavy atom. The molecular formula is C46H28N2S. The van der Waals surface area contributed by atoms with E-state index in [-0.39, 0.29) is 0 Å². The number of aromatic nitrogens is 2. The molecule has 2 nitrogen and oxygen atoms in total. The van der Waals surface area contributed by atoms with Gasteiger partial charge in [0.05, 0.1) is 22.9 Å². The number of nitrogens with zero attached hydrogens (tertiary/aromatic N) is 2. The van der Waals surface area contributed by atoms with Crippen LogP contribution in [0.15, 0.2) is 170 Å². The van der Waals surface area contributed by atoms with Crippen molar-refractivity contribution in [3.05, 3.63) is 170 Å². The van der Waals surface area contributed by atoms with E-state index >= 15 is 0 Å². The van der Waals surface area contributed by atoms with Crippen LogP contribution in [-0.2, 0) is 0 Å². The van der Waals surface area contributed by atoms with Gasteiger partial charge in [-0.3, -0.25) is 4.98 Å². The molecular weight excluding hydrogens is 613 g/mol. The Balaban J connectivity index is 1.02. The van der Waals surface area contributed by atoms with Gasteiger partial charge in [-0.1, -0.05) is 127 Å². The van der Waals surface area contributed by atoms with Gasteiger partial charge in [0.1, 0.15) is 0 Å². The summed E-state index contributed by atoms with van der Waals surface area (Å²) in [5.74, 6) is 0. The zero-order valence-electron chi connectivity index (χ0n) is 26.5. The van der Waals surface area contributed by atoms with Crippen molar-refractivity contribution in [1.82, 2.24) is 9.97 Å². The third kappa shape index (κ3) is 4.70. The Labute approximate surface area is 287 Å². The first-order valence-corrected chi connectivity index (χ1v) is 17.4. The van der Waals surface area contributed by atoms with Gasteiger partial charge < -0.3 is 0 Å². The van der Waals surface area contributed by atoms with Crippen LogP contribution in [-0.4, -0.2) is 9.97 Å². The molecule has 0 fully saturated rings. The fraction of sp³-hybridized carbons (Fsp3) is 0. The maximum absolute atomic E-state index is 5.23. The van der Waals surface area contributed by atoms with Crippen LogP contribution in [0.25, 0.3) is 97.4 Å². The lowest BCUT2D eigenvalue weighted by atomic mass is 9.95. The molecule has 2 heterocycles. The molecule has 0 N–H and O–H groups in total. The monoisotopic (exact) mass is 640 g/mol. The van der Waals surface area contributed by atoms with Crippen LogP contribution in [0.4, 0.5) is 0 Å². The van der Waals surface area contributed by atoms with Crippen molar-refractivity contribution in [2.45, 2.75) is 0 Å². The molecule has 0 aliphatic carbocycles. The third-order valence-corrected chi connectivity index (χ3v) is 10.8. The molecule has 8 aromatic carbocycles. The molecule has 228 valence electrons. The zero-order valence-corrected chi connectivity index (χ0v) is 27.3. The molecule has 0 saturated heterocycles. The van der Waals surface area contributed by atoms with Gasteiger partial charge in [-0.05, 0) is 80.6 Å². The Bertz CT molecular complexity index is 2870. The first kappa shape index (κ1) is 27.9. The van der Waals surface area contributed by atoms with Gasteiger partial charge >= 0.3 is 0 Å². The molecule has 0 aliphatic heterocycles. The Morgan fingerprint density at radius 2 is 0.796 bits per heavy atom. The summed E-state index contributed by atoms with van der Waals surface area (Å²) in [5, 5.41) is 7.31. The number of hydrogen-bond acceptors (Lipinski definition) is 3. The predicted octanol–water partition coefficient (Wildman–Crippen LogP) is 13.0. The Kier molecular flexibility index (Phi) is 6.39. The number of hydrogen-bond donors (Lipinski definition) is 0. The molecule has 10 rings (SSSR count). The van der Waals surface area contributed by atoms with E-state index < -0.39 is 0 Å². The lowest BCUT2D eigenvalue weighted by Gasteiger charge is -2.11. The minimum absolute atomic E-state index is 0.869. The van der Waals surface area contributed by atoms with E-state index in [4.69, 9.17) is 9.97 Å². The quantitative estimate of drug-likeness (QED) is 0.179. The zero-order chi connectivity index (χ0) is 32.3. The number of thiophene rings is 1. The number of fused-ring (bicyclic) bond motifs is 9. The lowest BCUT2D eigenvalue weighted by molar-refractivity contribution is 1.31. The molecule has 0 unspecified atom stereocenters. The lowest BCUT2D eigenvalue weighted by Crippen LogP contribution is -1.92. The largest absolute Gasteiger partial charge is 0.252 e. The van der Waals surface area contributed by atoms with Gasteiger partial charge in [-0.25, -0.2) is 4.98 Å². The molecule has 0 saturated carbocycles. The normalized spacial score (nSPS) is 11.7. The van der Waals surface area contributed by atoms with Gasteiger partial charge in [0, 0.05) is 36.5 Å². The molecule has 0 spiro atoms. The summed E-state index contributed by atoms with van der Waals surface area (Å²) in [7, 11) is 0. The maximum Gasteiger partial charge on any atom is 0.0979 e. The van der Waals surface area contributed by atoms with Crippen LogP contribution in [0, 0.1) is 0 Å². The van der Waals surface area contributed by atoms with Crippen LogP contribution in [0.5, 0.6) is 0 Å². The molecule has 0 aliphatic rings. The summed E-state index contributed by atoms with van der Waals surface area (Å²) >= 11 is 1.86. The SMILES string of the molecule is c1cc(-c2cccc(-c3ccc4sc5ccccc5c4c3)c2)cc(-c2cccc(-c3cnc4c5ccccc5c5ccccc5c4n3)c2)c1. The van der Waals surface area contributed by atoms with Crippen LogP contribution >= 0.6 is 11.3 Å². The van der Waals surface area contributed by atoms with Crippen LogP contribution in [0.3, 0.4) is 0 Å². The van der Waals surface area contributed by atoms with Crippen molar-refractivity contribution >= 4 is 64.1 Å². The summed E-state index contributed by atoms with van der Waals surface area (Å²) in [6.45, 7) is 0. The molecule has 3 heteroatoms. The molecule has 0 bridgehead atoms. The minimum Gasteiger partial charge on any atom is -0.252 e. The van der Waals surface area contributed by atoms with Gasteiger partial charge in [-0.15, -0.1) is 11.3 Å². The van der Waals surface area contributed by atoms with Crippen LogP contribution in [0.1, 0.15) is 0 Å². The van der Waals surface area contributed by atoms with Crippen molar-refractivity contribution in [2.24, 2.45) is 0 Å². The van der Waals surface area contributed by atoms with Gasteiger partial charge in [0.15, 0.2) is 0 Å². The average Bonchev–Trinajstić information content (AvgIpc) is 3.56. The van der Waals surface area contributed by atoms with Crippen molar-refractivity contribution in [3.63, 3.8) is 0 Å². The summed E-state index contributed by atoms with van der Waals surface area (Å²) in [6.07, 6.45) is 1.92. The van der Waals surface area contributed by atoms with E-state index in [1.54, 1.807) is 0 Å². The highest BCUT2D eigenvalue weighted by Crippen LogP contribution is 2.38. The highest BCUT2D eigenvalue weighted by molar-refractivity contribution is 7.25. The van der Waals surface area contributed by atoms with Gasteiger partial charge in [0.25, 0.3) is 0 Å². The van der Waals surface area contributed by atoms with E-state index in [1.807, 2.05) is 17.5 Å². The molecule has 0 amide bonds. The van der Waals surface area contributed by atoms with Crippen molar-refractivity contribution < 1.29 is 0 Å². The topological polar surface area (TPSA) is 25.8 Å². The first-order valence-electron chi connectivity index (χ1n) is 16.6. The van der Waals surface area contributed by atoms with E-state index in [1.165, 1.54) is 58.8 Å². The molecule has 2 aromatic heterocycles. The Hall–Kier alpha value is -6.16. The fourth-order valence-electron chi connectivity index (χ4n) is 7.28. The summed E-state index contributed by atoms with van der Waals surface area (Å²) in [5.41, 5.74) is 11.0. The second kappa shape index (κ2) is 11.2. The Morgan fingerprint density at radius 3 is 1.43 bits per heavy atom. The highest BCUT2D eigenvalue weighted by atomic mass is 32.1. The molecule has 49 heavy (non-hydrogen) atoms. The second-order valence-electron chi connectivity index (χ2n) is 12.6. The smallest absolute Gasteiger partial charge is 0.0979 e. The second-order valence-corrected chi connectivity index (χ2v) is 13.7. The van der Waals surface area contributed by atoms with Gasteiger partial charge in [-0.2, -0.15) is 0 Å². The van der Waals surface area contributed by atoms with Crippen LogP contribution < -0.4 is 0 Å². The standard InChI is InChI=1S/C46H28N2S/c1-3-19-39-36(16-1)37-17-2-4-20-40(37)46-45(39)47-28-42(48-46)35-15-9-14-33(26-35)31-12-7-10-29(24-31)30-11-8-13-32(25-30)34-22-23-44-41(27-34)38-18-5-6-21-43(38)49-44/h1-28H. The number of benzene rings is 8. The minimum atomic E-state index is 0.869. The molecule has 0 radical (unpaired) electrons. The molecule has 0 atom stereocenters. The molecule has 10 aromatic rings. The van der Waals surface area contributed by atoms with Gasteiger partial charge in [0.2, 0.25) is 0 Å². The van der Waals surface area contributed by atoms with Crippen molar-refractivity contribution in [2.75, 3.05) is 0 Å². The van der Waals surface area contributed by atoms with E-state index in [0.717, 1.165) is 38.6 Å². The third-order valence-electron chi connectivity index (χ3n) is 9.69. The van der Waals surface area contributed by atoms with E-state index in [2.05, 4.69) is 164 Å². The fourth-order valence-corrected chi connectivity index (χ4v) is 8.37. The first-order chi connectivity index (χ1) is 24.3. The number of rotatable bonds is 4. The van der Waals surface area contributed by atoms with Crippen LogP contribution in [0.2, 0.25) is 0 Å². The predicted molar refractivity (Wildman–Crippen MR) is 209 cm³/mol. The van der Waals surface area contributed by atoms with E-state index in [0.29, 0.717) is 0 Å². The summed E-state index contributed by atoms with van der Waals surface area (Å²) in [4.78, 5) is 10.2. The summed E-state index contributed by atoms with van der Waals surface area (Å²) in [6, 6.07) is 58.9. The highest BCUT2D eigenvalue weighted by Gasteiger charge is 2.13. The maximum atomic E-state index is 5.23. The van der Waals surface area contributed by atoms with Crippen molar-refractivity contribution in [3.8, 4) is 44.6 Å². The van der Waals surface area contributed by atoms with Crippen molar-refractivity contribution in [1.29, 1.82) is 0 Å². The van der Waals surface area contributed by atoms with E-state index in [9.17, 15) is 0 Å². The summed E-state index contributed by atoms with van der Waals surface area (Å²) < 4.78 is 2.66. The average molecular weight is 641 g/mol.